The number of ether oxygens (including phenoxy) is 1. The molecule has 0 fully saturated rings. The zero-order chi connectivity index (χ0) is 14.4. The van der Waals surface area contributed by atoms with Crippen molar-refractivity contribution < 1.29 is 4.74 Å². The van der Waals surface area contributed by atoms with Gasteiger partial charge in [0, 0.05) is 22.3 Å². The van der Waals surface area contributed by atoms with Crippen molar-refractivity contribution in [2.45, 2.75) is 23.4 Å². The first-order chi connectivity index (χ1) is 9.72. The quantitative estimate of drug-likeness (QED) is 0.727. The Morgan fingerprint density at radius 3 is 3.00 bits per heavy atom. The Labute approximate surface area is 135 Å². The van der Waals surface area contributed by atoms with Gasteiger partial charge in [-0.3, -0.25) is 0 Å². The number of hydrogen-bond donors (Lipinski definition) is 1. The van der Waals surface area contributed by atoms with Gasteiger partial charge in [-0.05, 0) is 24.6 Å². The highest BCUT2D eigenvalue weighted by atomic mass is 79.9. The van der Waals surface area contributed by atoms with E-state index >= 15 is 0 Å². The monoisotopic (exact) mass is 373 g/mol. The third kappa shape index (κ3) is 4.36. The van der Waals surface area contributed by atoms with Gasteiger partial charge in [0.2, 0.25) is 5.13 Å². The minimum Gasteiger partial charge on any atom is -0.496 e. The molecule has 0 saturated heterocycles. The molecule has 108 valence electrons. The Balaban J connectivity index is 1.98. The molecule has 2 rings (SSSR count). The third-order valence-corrected chi connectivity index (χ3v) is 5.08. The van der Waals surface area contributed by atoms with Crippen molar-refractivity contribution in [3.8, 4) is 5.75 Å². The Morgan fingerprint density at radius 1 is 1.40 bits per heavy atom. The maximum absolute atomic E-state index is 5.37. The summed E-state index contributed by atoms with van der Waals surface area (Å²) < 4.78 is 7.38. The van der Waals surface area contributed by atoms with Gasteiger partial charge in [0.05, 0.1) is 7.11 Å². The lowest BCUT2D eigenvalue weighted by molar-refractivity contribution is 0.411. The van der Waals surface area contributed by atoms with E-state index in [1.54, 1.807) is 30.2 Å². The van der Waals surface area contributed by atoms with Crippen LogP contribution in [0.1, 0.15) is 18.9 Å². The Kier molecular flexibility index (Phi) is 6.12. The van der Waals surface area contributed by atoms with Crippen molar-refractivity contribution in [3.63, 3.8) is 0 Å². The molecule has 2 aromatic rings. The molecule has 0 atom stereocenters. The molecule has 0 bridgehead atoms. The topological polar surface area (TPSA) is 47.0 Å². The number of anilines is 1. The summed E-state index contributed by atoms with van der Waals surface area (Å²) in [6, 6.07) is 6.02. The van der Waals surface area contributed by atoms with Gasteiger partial charge < -0.3 is 10.1 Å². The summed E-state index contributed by atoms with van der Waals surface area (Å²) in [7, 11) is 1.69. The van der Waals surface area contributed by atoms with E-state index in [-0.39, 0.29) is 0 Å². The number of halogens is 1. The van der Waals surface area contributed by atoms with Gasteiger partial charge in [0.25, 0.3) is 0 Å². The van der Waals surface area contributed by atoms with E-state index in [2.05, 4.69) is 44.4 Å². The van der Waals surface area contributed by atoms with Crippen LogP contribution in [0.3, 0.4) is 0 Å². The second kappa shape index (κ2) is 7.85. The van der Waals surface area contributed by atoms with Gasteiger partial charge in [-0.1, -0.05) is 46.0 Å². The van der Waals surface area contributed by atoms with Crippen LogP contribution in [-0.4, -0.2) is 23.9 Å². The summed E-state index contributed by atoms with van der Waals surface area (Å²) in [6.45, 7) is 3.06. The van der Waals surface area contributed by atoms with Crippen molar-refractivity contribution in [2.24, 2.45) is 0 Å². The lowest BCUT2D eigenvalue weighted by Gasteiger charge is -2.07. The maximum Gasteiger partial charge on any atom is 0.206 e. The van der Waals surface area contributed by atoms with Crippen LogP contribution in [0.4, 0.5) is 5.13 Å². The molecule has 0 unspecified atom stereocenters. The van der Waals surface area contributed by atoms with E-state index in [1.165, 1.54) is 0 Å². The standard InChI is InChI=1S/C13H16BrN3OS2/c1-3-6-15-12-16-17-13(20-12)19-8-9-7-10(14)4-5-11(9)18-2/h4-5,7H,3,6,8H2,1-2H3,(H,15,16). The number of thioether (sulfide) groups is 1. The zero-order valence-corrected chi connectivity index (χ0v) is 14.6. The number of benzene rings is 1. The van der Waals surface area contributed by atoms with Crippen LogP contribution in [0.25, 0.3) is 0 Å². The highest BCUT2D eigenvalue weighted by molar-refractivity contribution is 9.10. The predicted octanol–water partition coefficient (Wildman–Crippen LogP) is 4.42. The van der Waals surface area contributed by atoms with Crippen LogP contribution < -0.4 is 10.1 Å². The number of hydrogen-bond acceptors (Lipinski definition) is 6. The summed E-state index contributed by atoms with van der Waals surface area (Å²) in [5, 5.41) is 12.4. The van der Waals surface area contributed by atoms with Crippen molar-refractivity contribution in [2.75, 3.05) is 19.0 Å². The molecule has 0 saturated carbocycles. The fourth-order valence-corrected chi connectivity index (χ4v) is 3.73. The predicted molar refractivity (Wildman–Crippen MR) is 88.9 cm³/mol. The average Bonchev–Trinajstić information content (AvgIpc) is 2.91. The normalized spacial score (nSPS) is 10.6. The fraction of sp³-hybridized carbons (Fsp3) is 0.385. The van der Waals surface area contributed by atoms with Crippen LogP contribution >= 0.6 is 39.0 Å². The number of rotatable bonds is 7. The minimum atomic E-state index is 0.811. The molecule has 1 aromatic heterocycles. The largest absolute Gasteiger partial charge is 0.496 e. The molecule has 0 aliphatic rings. The second-order valence-electron chi connectivity index (χ2n) is 4.04. The van der Waals surface area contributed by atoms with E-state index in [1.807, 2.05) is 12.1 Å². The molecule has 0 radical (unpaired) electrons. The summed E-state index contributed by atoms with van der Waals surface area (Å²) in [4.78, 5) is 0. The smallest absolute Gasteiger partial charge is 0.206 e. The molecular weight excluding hydrogens is 358 g/mol. The van der Waals surface area contributed by atoms with Crippen molar-refractivity contribution in [1.29, 1.82) is 0 Å². The number of nitrogens with zero attached hydrogens (tertiary/aromatic N) is 2. The van der Waals surface area contributed by atoms with E-state index in [0.717, 1.165) is 44.0 Å². The lowest BCUT2D eigenvalue weighted by Crippen LogP contribution is -1.98. The minimum absolute atomic E-state index is 0.811. The third-order valence-electron chi connectivity index (χ3n) is 2.53. The van der Waals surface area contributed by atoms with Crippen molar-refractivity contribution in [1.82, 2.24) is 10.2 Å². The van der Waals surface area contributed by atoms with Crippen molar-refractivity contribution >= 4 is 44.2 Å². The van der Waals surface area contributed by atoms with Crippen LogP contribution in [0.15, 0.2) is 27.0 Å². The fourth-order valence-electron chi connectivity index (χ4n) is 1.57. The highest BCUT2D eigenvalue weighted by Gasteiger charge is 2.08. The van der Waals surface area contributed by atoms with Gasteiger partial charge in [-0.2, -0.15) is 0 Å². The molecular formula is C13H16BrN3OS2. The van der Waals surface area contributed by atoms with Crippen LogP contribution in [-0.2, 0) is 5.75 Å². The number of nitrogens with one attached hydrogen (secondary N) is 1. The zero-order valence-electron chi connectivity index (χ0n) is 11.4. The van der Waals surface area contributed by atoms with Gasteiger partial charge in [0.1, 0.15) is 5.75 Å². The van der Waals surface area contributed by atoms with Gasteiger partial charge in [-0.15, -0.1) is 10.2 Å². The van der Waals surface area contributed by atoms with Crippen LogP contribution in [0, 0.1) is 0 Å². The summed E-state index contributed by atoms with van der Waals surface area (Å²) in [5.74, 6) is 1.71. The second-order valence-corrected chi connectivity index (χ2v) is 7.16. The molecule has 0 aliphatic carbocycles. The SMILES string of the molecule is CCCNc1nnc(SCc2cc(Br)ccc2OC)s1. The van der Waals surface area contributed by atoms with Crippen LogP contribution in [0.5, 0.6) is 5.75 Å². The van der Waals surface area contributed by atoms with E-state index in [4.69, 9.17) is 4.74 Å². The molecule has 1 heterocycles. The molecule has 4 nitrogen and oxygen atoms in total. The average molecular weight is 374 g/mol. The number of methoxy groups -OCH3 is 1. The molecule has 1 N–H and O–H groups in total. The van der Waals surface area contributed by atoms with Gasteiger partial charge >= 0.3 is 0 Å². The molecule has 0 aliphatic heterocycles. The number of aromatic nitrogens is 2. The first-order valence-electron chi connectivity index (χ1n) is 6.25. The molecule has 1 aromatic carbocycles. The molecule has 0 amide bonds. The van der Waals surface area contributed by atoms with E-state index < -0.39 is 0 Å². The Bertz CT molecular complexity index is 562. The lowest BCUT2D eigenvalue weighted by atomic mass is 10.2. The van der Waals surface area contributed by atoms with Gasteiger partial charge in [0.15, 0.2) is 4.34 Å². The summed E-state index contributed by atoms with van der Waals surface area (Å²) >= 11 is 6.74. The first kappa shape index (κ1) is 15.6. The Morgan fingerprint density at radius 2 is 2.25 bits per heavy atom. The molecule has 20 heavy (non-hydrogen) atoms. The van der Waals surface area contributed by atoms with Crippen molar-refractivity contribution in [3.05, 3.63) is 28.2 Å². The summed E-state index contributed by atoms with van der Waals surface area (Å²) in [5.41, 5.74) is 1.14. The Hall–Kier alpha value is -0.790. The summed E-state index contributed by atoms with van der Waals surface area (Å²) in [6.07, 6.45) is 1.08. The van der Waals surface area contributed by atoms with E-state index in [0.29, 0.717) is 0 Å². The molecule has 7 heteroatoms. The van der Waals surface area contributed by atoms with Gasteiger partial charge in [-0.25, -0.2) is 0 Å². The molecule has 0 spiro atoms. The first-order valence-corrected chi connectivity index (χ1v) is 8.85. The maximum atomic E-state index is 5.37. The van der Waals surface area contributed by atoms with Crippen LogP contribution in [0.2, 0.25) is 0 Å². The van der Waals surface area contributed by atoms with E-state index in [9.17, 15) is 0 Å². The highest BCUT2D eigenvalue weighted by Crippen LogP contribution is 2.32.